The topological polar surface area (TPSA) is 29.5 Å². The Balaban J connectivity index is 2.28. The highest BCUT2D eigenvalue weighted by molar-refractivity contribution is 9.10. The van der Waals surface area contributed by atoms with Crippen LogP contribution in [0.3, 0.4) is 0 Å². The van der Waals surface area contributed by atoms with Crippen molar-refractivity contribution in [3.8, 4) is 0 Å². The Kier molecular flexibility index (Phi) is 3.61. The first-order chi connectivity index (χ1) is 7.70. The van der Waals surface area contributed by atoms with Gasteiger partial charge in [0.15, 0.2) is 6.29 Å². The van der Waals surface area contributed by atoms with Gasteiger partial charge in [-0.1, -0.05) is 15.9 Å². The Bertz CT molecular complexity index is 395. The number of hydrogen-bond acceptors (Lipinski definition) is 3. The Hall–Kier alpha value is -0.870. The number of anilines is 1. The lowest BCUT2D eigenvalue weighted by molar-refractivity contribution is 0.0531. The summed E-state index contributed by atoms with van der Waals surface area (Å²) in [5.74, 6) is 0. The zero-order valence-corrected chi connectivity index (χ0v) is 10.7. The Morgan fingerprint density at radius 2 is 2.38 bits per heavy atom. The van der Waals surface area contributed by atoms with Gasteiger partial charge in [-0.25, -0.2) is 0 Å². The number of hydrogen-bond donors (Lipinski definition) is 0. The summed E-state index contributed by atoms with van der Waals surface area (Å²) < 4.78 is 6.42. The second-order valence-corrected chi connectivity index (χ2v) is 4.86. The second-order valence-electron chi connectivity index (χ2n) is 3.95. The standard InChI is InChI=1S/C12H14BrNO2/c1-9-7-14(4-5-16-9)12-3-2-11(13)6-10(12)8-15/h2-3,6,8-9H,4-5,7H2,1H3/t9-/m1/s1. The Morgan fingerprint density at radius 3 is 3.06 bits per heavy atom. The van der Waals surface area contributed by atoms with E-state index >= 15 is 0 Å². The monoisotopic (exact) mass is 283 g/mol. The summed E-state index contributed by atoms with van der Waals surface area (Å²) in [4.78, 5) is 13.2. The Morgan fingerprint density at radius 1 is 1.56 bits per heavy atom. The molecular weight excluding hydrogens is 270 g/mol. The summed E-state index contributed by atoms with van der Waals surface area (Å²) in [5, 5.41) is 0. The largest absolute Gasteiger partial charge is 0.375 e. The number of nitrogens with zero attached hydrogens (tertiary/aromatic N) is 1. The highest BCUT2D eigenvalue weighted by Crippen LogP contribution is 2.24. The molecule has 0 amide bonds. The second kappa shape index (κ2) is 4.97. The van der Waals surface area contributed by atoms with Gasteiger partial charge in [-0.2, -0.15) is 0 Å². The molecule has 1 aromatic carbocycles. The number of morpholine rings is 1. The Labute approximate surface area is 104 Å². The molecule has 4 heteroatoms. The van der Waals surface area contributed by atoms with Gasteiger partial charge < -0.3 is 9.64 Å². The van der Waals surface area contributed by atoms with Gasteiger partial charge in [0.2, 0.25) is 0 Å². The number of benzene rings is 1. The average Bonchev–Trinajstić information content (AvgIpc) is 2.28. The van der Waals surface area contributed by atoms with Gasteiger partial charge in [-0.05, 0) is 25.1 Å². The lowest BCUT2D eigenvalue weighted by atomic mass is 10.1. The zero-order valence-electron chi connectivity index (χ0n) is 9.15. The molecule has 86 valence electrons. The lowest BCUT2D eigenvalue weighted by Crippen LogP contribution is -2.41. The summed E-state index contributed by atoms with van der Waals surface area (Å²) in [6.45, 7) is 4.44. The molecule has 1 aliphatic heterocycles. The van der Waals surface area contributed by atoms with Crippen molar-refractivity contribution < 1.29 is 9.53 Å². The molecule has 3 nitrogen and oxygen atoms in total. The van der Waals surface area contributed by atoms with Gasteiger partial charge in [-0.15, -0.1) is 0 Å². The van der Waals surface area contributed by atoms with Crippen LogP contribution in [0, 0.1) is 0 Å². The van der Waals surface area contributed by atoms with Gasteiger partial charge in [-0.3, -0.25) is 4.79 Å². The van der Waals surface area contributed by atoms with Crippen LogP contribution in [-0.4, -0.2) is 32.1 Å². The van der Waals surface area contributed by atoms with Crippen LogP contribution in [0.4, 0.5) is 5.69 Å². The van der Waals surface area contributed by atoms with Crippen LogP contribution in [-0.2, 0) is 4.74 Å². The van der Waals surface area contributed by atoms with Crippen molar-refractivity contribution in [3.05, 3.63) is 28.2 Å². The highest BCUT2D eigenvalue weighted by Gasteiger charge is 2.19. The van der Waals surface area contributed by atoms with Crippen LogP contribution in [0.2, 0.25) is 0 Å². The smallest absolute Gasteiger partial charge is 0.152 e. The molecule has 0 spiro atoms. The van der Waals surface area contributed by atoms with Crippen LogP contribution >= 0.6 is 15.9 Å². The van der Waals surface area contributed by atoms with Crippen LogP contribution < -0.4 is 4.90 Å². The van der Waals surface area contributed by atoms with Crippen molar-refractivity contribution in [1.29, 1.82) is 0 Å². The molecule has 16 heavy (non-hydrogen) atoms. The minimum absolute atomic E-state index is 0.219. The predicted molar refractivity (Wildman–Crippen MR) is 67.2 cm³/mol. The van der Waals surface area contributed by atoms with Gasteiger partial charge in [0.05, 0.1) is 12.7 Å². The number of halogens is 1. The summed E-state index contributed by atoms with van der Waals surface area (Å²) in [6.07, 6.45) is 1.12. The summed E-state index contributed by atoms with van der Waals surface area (Å²) in [5.41, 5.74) is 1.72. The lowest BCUT2D eigenvalue weighted by Gasteiger charge is -2.33. The molecule has 0 saturated carbocycles. The number of ether oxygens (including phenoxy) is 1. The molecular formula is C12H14BrNO2. The quantitative estimate of drug-likeness (QED) is 0.781. The molecule has 0 aliphatic carbocycles. The summed E-state index contributed by atoms with van der Waals surface area (Å²) in [6, 6.07) is 5.79. The molecule has 1 fully saturated rings. The van der Waals surface area contributed by atoms with E-state index in [4.69, 9.17) is 4.74 Å². The molecule has 1 heterocycles. The van der Waals surface area contributed by atoms with E-state index in [9.17, 15) is 4.79 Å². The molecule has 1 aromatic rings. The predicted octanol–water partition coefficient (Wildman–Crippen LogP) is 2.49. The average molecular weight is 284 g/mol. The first-order valence-electron chi connectivity index (χ1n) is 5.32. The van der Waals surface area contributed by atoms with Crippen molar-refractivity contribution in [3.63, 3.8) is 0 Å². The van der Waals surface area contributed by atoms with Crippen molar-refractivity contribution in [2.45, 2.75) is 13.0 Å². The molecule has 0 aromatic heterocycles. The summed E-state index contributed by atoms with van der Waals surface area (Å²) >= 11 is 3.37. The van der Waals surface area contributed by atoms with E-state index in [0.717, 1.165) is 41.7 Å². The van der Waals surface area contributed by atoms with Crippen LogP contribution in [0.5, 0.6) is 0 Å². The molecule has 1 atom stereocenters. The third kappa shape index (κ3) is 2.44. The number of rotatable bonds is 2. The van der Waals surface area contributed by atoms with Crippen molar-refractivity contribution in [2.24, 2.45) is 0 Å². The fourth-order valence-corrected chi connectivity index (χ4v) is 2.32. The van der Waals surface area contributed by atoms with E-state index in [1.165, 1.54) is 0 Å². The number of carbonyl (C=O) groups is 1. The maximum absolute atomic E-state index is 11.0. The van der Waals surface area contributed by atoms with Gasteiger partial charge >= 0.3 is 0 Å². The SMILES string of the molecule is C[C@@H]1CN(c2ccc(Br)cc2C=O)CCO1. The first-order valence-corrected chi connectivity index (χ1v) is 6.11. The maximum Gasteiger partial charge on any atom is 0.152 e. The van der Waals surface area contributed by atoms with Crippen LogP contribution in [0.15, 0.2) is 22.7 Å². The van der Waals surface area contributed by atoms with Crippen LogP contribution in [0.1, 0.15) is 17.3 Å². The molecule has 1 saturated heterocycles. The molecule has 1 aliphatic rings. The van der Waals surface area contributed by atoms with Crippen molar-refractivity contribution in [2.75, 3.05) is 24.6 Å². The van der Waals surface area contributed by atoms with Crippen molar-refractivity contribution >= 4 is 27.9 Å². The fourth-order valence-electron chi connectivity index (χ4n) is 1.94. The van der Waals surface area contributed by atoms with E-state index in [0.29, 0.717) is 0 Å². The van der Waals surface area contributed by atoms with E-state index in [1.54, 1.807) is 0 Å². The molecule has 0 N–H and O–H groups in total. The number of aldehydes is 1. The molecule has 0 radical (unpaired) electrons. The highest BCUT2D eigenvalue weighted by atomic mass is 79.9. The number of carbonyl (C=O) groups excluding carboxylic acids is 1. The van der Waals surface area contributed by atoms with E-state index in [-0.39, 0.29) is 6.10 Å². The minimum atomic E-state index is 0.219. The minimum Gasteiger partial charge on any atom is -0.375 e. The molecule has 0 unspecified atom stereocenters. The van der Waals surface area contributed by atoms with Crippen molar-refractivity contribution in [1.82, 2.24) is 0 Å². The van der Waals surface area contributed by atoms with E-state index < -0.39 is 0 Å². The first kappa shape index (κ1) is 11.6. The summed E-state index contributed by atoms with van der Waals surface area (Å²) in [7, 11) is 0. The molecule has 0 bridgehead atoms. The van der Waals surface area contributed by atoms with E-state index in [1.807, 2.05) is 25.1 Å². The van der Waals surface area contributed by atoms with Crippen LogP contribution in [0.25, 0.3) is 0 Å². The van der Waals surface area contributed by atoms with Gasteiger partial charge in [0.25, 0.3) is 0 Å². The third-order valence-electron chi connectivity index (χ3n) is 2.70. The van der Waals surface area contributed by atoms with E-state index in [2.05, 4.69) is 20.8 Å². The third-order valence-corrected chi connectivity index (χ3v) is 3.19. The molecule has 2 rings (SSSR count). The normalized spacial score (nSPS) is 20.9. The zero-order chi connectivity index (χ0) is 11.5. The van der Waals surface area contributed by atoms with Gasteiger partial charge in [0.1, 0.15) is 0 Å². The van der Waals surface area contributed by atoms with Gasteiger partial charge in [0, 0.05) is 28.8 Å². The fraction of sp³-hybridized carbons (Fsp3) is 0.417. The maximum atomic E-state index is 11.0.